The number of hydrogen-bond donors (Lipinski definition) is 3. The summed E-state index contributed by atoms with van der Waals surface area (Å²) >= 11 is 0. The molecular formula is C20H34F2IN3O3. The van der Waals surface area contributed by atoms with Gasteiger partial charge in [-0.15, -0.1) is 24.0 Å². The number of benzene rings is 1. The second-order valence-electron chi connectivity index (χ2n) is 6.43. The number of aliphatic imine (C=N–C) groups is 1. The van der Waals surface area contributed by atoms with Crippen LogP contribution in [0.1, 0.15) is 38.7 Å². The van der Waals surface area contributed by atoms with Crippen LogP contribution in [0.2, 0.25) is 0 Å². The lowest BCUT2D eigenvalue weighted by atomic mass is 10.0. The van der Waals surface area contributed by atoms with Gasteiger partial charge in [0.05, 0.1) is 7.11 Å². The van der Waals surface area contributed by atoms with E-state index in [4.69, 9.17) is 9.84 Å². The maximum absolute atomic E-state index is 12.5. The third-order valence-electron chi connectivity index (χ3n) is 4.24. The Balaban J connectivity index is 0.00000784. The molecule has 29 heavy (non-hydrogen) atoms. The van der Waals surface area contributed by atoms with Gasteiger partial charge in [0, 0.05) is 26.2 Å². The standard InChI is InChI=1S/C20H33F2N3O3.HI/c1-4-6-16(10-12-26)14-25-20(23-5-2)24-11-9-15-7-8-17(27-3)18(13-15)28-19(21)22;/h7-8,13,16,19,26H,4-6,9-12,14H2,1-3H3,(H2,23,24,25);1H. The van der Waals surface area contributed by atoms with Crippen LogP contribution in [0.25, 0.3) is 0 Å². The number of nitrogens with one attached hydrogen (secondary N) is 2. The van der Waals surface area contributed by atoms with Gasteiger partial charge in [0.25, 0.3) is 0 Å². The van der Waals surface area contributed by atoms with Gasteiger partial charge in [-0.25, -0.2) is 0 Å². The van der Waals surface area contributed by atoms with E-state index in [9.17, 15) is 8.78 Å². The van der Waals surface area contributed by atoms with Gasteiger partial charge in [-0.3, -0.25) is 4.99 Å². The van der Waals surface area contributed by atoms with Crippen LogP contribution in [0.3, 0.4) is 0 Å². The third kappa shape index (κ3) is 11.4. The molecular weight excluding hydrogens is 495 g/mol. The van der Waals surface area contributed by atoms with E-state index in [1.54, 1.807) is 12.1 Å². The summed E-state index contributed by atoms with van der Waals surface area (Å²) in [4.78, 5) is 4.61. The lowest BCUT2D eigenvalue weighted by Gasteiger charge is -2.16. The zero-order valence-electron chi connectivity index (χ0n) is 17.4. The Morgan fingerprint density at radius 1 is 1.17 bits per heavy atom. The molecule has 0 fully saturated rings. The molecule has 168 valence electrons. The number of ether oxygens (including phenoxy) is 2. The van der Waals surface area contributed by atoms with Crippen molar-refractivity contribution in [1.29, 1.82) is 0 Å². The summed E-state index contributed by atoms with van der Waals surface area (Å²) in [6, 6.07) is 5.01. The van der Waals surface area contributed by atoms with Gasteiger partial charge in [0.1, 0.15) is 0 Å². The van der Waals surface area contributed by atoms with Gasteiger partial charge in [0.2, 0.25) is 0 Å². The molecule has 1 aromatic carbocycles. The Morgan fingerprint density at radius 2 is 1.93 bits per heavy atom. The molecule has 0 heterocycles. The SMILES string of the molecule is CCCC(CCO)CN=C(NCC)NCCc1ccc(OC)c(OC(F)F)c1.I. The molecule has 0 bridgehead atoms. The normalized spacial score (nSPS) is 12.3. The Bertz CT molecular complexity index is 586. The lowest BCUT2D eigenvalue weighted by molar-refractivity contribution is -0.0512. The maximum atomic E-state index is 12.5. The van der Waals surface area contributed by atoms with Crippen LogP contribution >= 0.6 is 24.0 Å². The fourth-order valence-corrected chi connectivity index (χ4v) is 2.87. The first-order valence-electron chi connectivity index (χ1n) is 9.78. The molecule has 0 aliphatic heterocycles. The van der Waals surface area contributed by atoms with Crippen molar-refractivity contribution in [3.8, 4) is 11.5 Å². The van der Waals surface area contributed by atoms with Crippen LogP contribution in [-0.4, -0.2) is 51.0 Å². The number of rotatable bonds is 13. The van der Waals surface area contributed by atoms with E-state index in [1.807, 2.05) is 13.0 Å². The summed E-state index contributed by atoms with van der Waals surface area (Å²) in [6.45, 7) is 3.36. The molecule has 1 atom stereocenters. The van der Waals surface area contributed by atoms with Crippen LogP contribution in [0.4, 0.5) is 8.78 Å². The van der Waals surface area contributed by atoms with Gasteiger partial charge >= 0.3 is 6.61 Å². The Labute approximate surface area is 189 Å². The molecule has 0 saturated carbocycles. The highest BCUT2D eigenvalue weighted by Crippen LogP contribution is 2.29. The highest BCUT2D eigenvalue weighted by Gasteiger charge is 2.11. The Kier molecular flexibility index (Phi) is 15.7. The van der Waals surface area contributed by atoms with E-state index >= 15 is 0 Å². The van der Waals surface area contributed by atoms with Crippen LogP contribution in [0.5, 0.6) is 11.5 Å². The van der Waals surface area contributed by atoms with Crippen LogP contribution in [0, 0.1) is 5.92 Å². The number of alkyl halides is 2. The molecule has 1 rings (SSSR count). The number of methoxy groups -OCH3 is 1. The fraction of sp³-hybridized carbons (Fsp3) is 0.650. The summed E-state index contributed by atoms with van der Waals surface area (Å²) < 4.78 is 34.6. The minimum Gasteiger partial charge on any atom is -0.493 e. The first-order chi connectivity index (χ1) is 13.5. The molecule has 9 heteroatoms. The fourth-order valence-electron chi connectivity index (χ4n) is 2.87. The largest absolute Gasteiger partial charge is 0.493 e. The van der Waals surface area contributed by atoms with E-state index in [0.717, 1.165) is 31.4 Å². The average molecular weight is 529 g/mol. The summed E-state index contributed by atoms with van der Waals surface area (Å²) in [5, 5.41) is 15.6. The molecule has 0 aromatic heterocycles. The van der Waals surface area contributed by atoms with Crippen molar-refractivity contribution in [1.82, 2.24) is 10.6 Å². The summed E-state index contributed by atoms with van der Waals surface area (Å²) in [5.74, 6) is 1.37. The Hall–Kier alpha value is -1.36. The molecule has 0 amide bonds. The molecule has 0 saturated heterocycles. The van der Waals surface area contributed by atoms with Crippen molar-refractivity contribution in [2.24, 2.45) is 10.9 Å². The molecule has 6 nitrogen and oxygen atoms in total. The molecule has 0 spiro atoms. The van der Waals surface area contributed by atoms with Gasteiger partial charge in [0.15, 0.2) is 17.5 Å². The second-order valence-corrected chi connectivity index (χ2v) is 6.43. The van der Waals surface area contributed by atoms with E-state index in [0.29, 0.717) is 31.4 Å². The van der Waals surface area contributed by atoms with Crippen molar-refractivity contribution in [2.75, 3.05) is 33.4 Å². The third-order valence-corrected chi connectivity index (χ3v) is 4.24. The van der Waals surface area contributed by atoms with Crippen LogP contribution in [-0.2, 0) is 6.42 Å². The van der Waals surface area contributed by atoms with Gasteiger partial charge in [-0.2, -0.15) is 8.78 Å². The molecule has 0 aliphatic carbocycles. The minimum absolute atomic E-state index is 0. The minimum atomic E-state index is -2.90. The van der Waals surface area contributed by atoms with Gasteiger partial charge in [-0.05, 0) is 49.8 Å². The van der Waals surface area contributed by atoms with Crippen molar-refractivity contribution in [2.45, 2.75) is 46.1 Å². The van der Waals surface area contributed by atoms with Crippen LogP contribution in [0.15, 0.2) is 23.2 Å². The van der Waals surface area contributed by atoms with E-state index in [-0.39, 0.29) is 42.1 Å². The van der Waals surface area contributed by atoms with Crippen molar-refractivity contribution in [3.05, 3.63) is 23.8 Å². The smallest absolute Gasteiger partial charge is 0.387 e. The number of guanidine groups is 1. The average Bonchev–Trinajstić information content (AvgIpc) is 2.66. The highest BCUT2D eigenvalue weighted by molar-refractivity contribution is 14.0. The molecule has 1 unspecified atom stereocenters. The monoisotopic (exact) mass is 529 g/mol. The Morgan fingerprint density at radius 3 is 2.52 bits per heavy atom. The van der Waals surface area contributed by atoms with Gasteiger partial charge < -0.3 is 25.2 Å². The van der Waals surface area contributed by atoms with Crippen molar-refractivity contribution in [3.63, 3.8) is 0 Å². The molecule has 1 aromatic rings. The van der Waals surface area contributed by atoms with Crippen molar-refractivity contribution >= 4 is 29.9 Å². The molecule has 0 aliphatic rings. The zero-order chi connectivity index (χ0) is 20.8. The van der Waals surface area contributed by atoms with Gasteiger partial charge in [-0.1, -0.05) is 19.4 Å². The quantitative estimate of drug-likeness (QED) is 0.206. The number of aliphatic hydroxyl groups is 1. The first-order valence-corrected chi connectivity index (χ1v) is 9.78. The van der Waals surface area contributed by atoms with Crippen molar-refractivity contribution < 1.29 is 23.4 Å². The number of halogens is 3. The van der Waals surface area contributed by atoms with Crippen LogP contribution < -0.4 is 20.1 Å². The number of nitrogens with zero attached hydrogens (tertiary/aromatic N) is 1. The zero-order valence-corrected chi connectivity index (χ0v) is 19.7. The highest BCUT2D eigenvalue weighted by atomic mass is 127. The lowest BCUT2D eigenvalue weighted by Crippen LogP contribution is -2.38. The molecule has 3 N–H and O–H groups in total. The van der Waals surface area contributed by atoms with E-state index in [2.05, 4.69) is 27.3 Å². The predicted octanol–water partition coefficient (Wildman–Crippen LogP) is 3.81. The first kappa shape index (κ1) is 27.6. The maximum Gasteiger partial charge on any atom is 0.387 e. The van der Waals surface area contributed by atoms with E-state index in [1.165, 1.54) is 7.11 Å². The second kappa shape index (κ2) is 16.4. The predicted molar refractivity (Wildman–Crippen MR) is 123 cm³/mol. The summed E-state index contributed by atoms with van der Waals surface area (Å²) in [5.41, 5.74) is 0.851. The molecule has 0 radical (unpaired) electrons. The summed E-state index contributed by atoms with van der Waals surface area (Å²) in [6.07, 6.45) is 3.45. The number of aliphatic hydroxyl groups excluding tert-OH is 1. The number of hydrogen-bond acceptors (Lipinski definition) is 4. The topological polar surface area (TPSA) is 75.1 Å². The van der Waals surface area contributed by atoms with E-state index < -0.39 is 6.61 Å². The summed E-state index contributed by atoms with van der Waals surface area (Å²) in [7, 11) is 1.41.